The third-order valence-electron chi connectivity index (χ3n) is 3.97. The molecule has 1 aromatic carbocycles. The Hall–Kier alpha value is -3.83. The minimum Gasteiger partial charge on any atom is -0.487 e. The van der Waals surface area contributed by atoms with Gasteiger partial charge in [0.05, 0.1) is 11.3 Å². The Balaban J connectivity index is 1.40. The van der Waals surface area contributed by atoms with E-state index in [1.165, 1.54) is 6.20 Å². The Morgan fingerprint density at radius 1 is 1.03 bits per heavy atom. The van der Waals surface area contributed by atoms with Gasteiger partial charge in [-0.1, -0.05) is 29.7 Å². The molecule has 6 nitrogen and oxygen atoms in total. The normalized spacial score (nSPS) is 10.6. The van der Waals surface area contributed by atoms with E-state index in [1.54, 1.807) is 36.4 Å². The molecule has 4 aromatic rings. The van der Waals surface area contributed by atoms with Gasteiger partial charge in [-0.15, -0.1) is 10.2 Å². The zero-order chi connectivity index (χ0) is 21.6. The van der Waals surface area contributed by atoms with Crippen LogP contribution in [0.5, 0.6) is 5.75 Å². The summed E-state index contributed by atoms with van der Waals surface area (Å²) in [6.07, 6.45) is -1.36. The van der Waals surface area contributed by atoms with E-state index in [9.17, 15) is 8.78 Å². The van der Waals surface area contributed by atoms with E-state index in [2.05, 4.69) is 32.0 Å². The SMILES string of the molecule is FC(F)c1nnc(-c2ccc(COc3cccc(C#Cc4cccc(Cl)n4)c3)nc2)o1. The molecule has 0 aliphatic heterocycles. The maximum Gasteiger partial charge on any atom is 0.314 e. The highest BCUT2D eigenvalue weighted by Gasteiger charge is 2.17. The first-order chi connectivity index (χ1) is 15.1. The molecule has 0 aliphatic carbocycles. The third-order valence-corrected chi connectivity index (χ3v) is 4.18. The fourth-order valence-corrected chi connectivity index (χ4v) is 2.67. The van der Waals surface area contributed by atoms with Crippen LogP contribution in [0.15, 0.2) is 65.2 Å². The summed E-state index contributed by atoms with van der Waals surface area (Å²) in [6.45, 7) is 0.207. The van der Waals surface area contributed by atoms with Crippen LogP contribution in [-0.4, -0.2) is 20.2 Å². The summed E-state index contributed by atoms with van der Waals surface area (Å²) in [5.41, 5.74) is 2.41. The largest absolute Gasteiger partial charge is 0.487 e. The number of benzene rings is 1. The lowest BCUT2D eigenvalue weighted by Crippen LogP contribution is -1.98. The highest BCUT2D eigenvalue weighted by atomic mass is 35.5. The van der Waals surface area contributed by atoms with Gasteiger partial charge < -0.3 is 9.15 Å². The van der Waals surface area contributed by atoms with Crippen LogP contribution >= 0.6 is 11.6 Å². The van der Waals surface area contributed by atoms with E-state index in [0.717, 1.165) is 5.56 Å². The van der Waals surface area contributed by atoms with Crippen LogP contribution in [0, 0.1) is 11.8 Å². The van der Waals surface area contributed by atoms with Crippen molar-refractivity contribution in [2.24, 2.45) is 0 Å². The van der Waals surface area contributed by atoms with Crippen LogP contribution in [0.4, 0.5) is 8.78 Å². The molecule has 9 heteroatoms. The Labute approximate surface area is 180 Å². The summed E-state index contributed by atoms with van der Waals surface area (Å²) in [6, 6.07) is 15.9. The fraction of sp³-hybridized carbons (Fsp3) is 0.0909. The molecule has 0 amide bonds. The lowest BCUT2D eigenvalue weighted by atomic mass is 10.2. The van der Waals surface area contributed by atoms with Crippen molar-refractivity contribution >= 4 is 11.6 Å². The topological polar surface area (TPSA) is 73.9 Å². The minimum absolute atomic E-state index is 0.0178. The van der Waals surface area contributed by atoms with Crippen molar-refractivity contribution in [3.8, 4) is 29.0 Å². The molecule has 0 N–H and O–H groups in total. The molecular formula is C22H13ClF2N4O2. The molecule has 0 aliphatic rings. The second-order valence-electron chi connectivity index (χ2n) is 6.20. The number of pyridine rings is 2. The van der Waals surface area contributed by atoms with Gasteiger partial charge in [0.15, 0.2) is 0 Å². The van der Waals surface area contributed by atoms with Gasteiger partial charge in [0.1, 0.15) is 23.2 Å². The van der Waals surface area contributed by atoms with E-state index < -0.39 is 12.3 Å². The monoisotopic (exact) mass is 438 g/mol. The molecule has 154 valence electrons. The maximum atomic E-state index is 12.6. The van der Waals surface area contributed by atoms with Crippen LogP contribution in [0.1, 0.15) is 29.3 Å². The van der Waals surface area contributed by atoms with Crippen molar-refractivity contribution in [2.75, 3.05) is 0 Å². The number of rotatable bonds is 5. The van der Waals surface area contributed by atoms with Crippen LogP contribution in [0.25, 0.3) is 11.5 Å². The fourth-order valence-electron chi connectivity index (χ4n) is 2.51. The number of ether oxygens (including phenoxy) is 1. The molecule has 0 spiro atoms. The van der Waals surface area contributed by atoms with Crippen molar-refractivity contribution in [1.82, 2.24) is 20.2 Å². The Bertz CT molecular complexity index is 1250. The highest BCUT2D eigenvalue weighted by Crippen LogP contribution is 2.23. The molecule has 0 unspecified atom stereocenters. The van der Waals surface area contributed by atoms with E-state index in [4.69, 9.17) is 20.8 Å². The van der Waals surface area contributed by atoms with E-state index in [0.29, 0.717) is 27.9 Å². The lowest BCUT2D eigenvalue weighted by molar-refractivity contribution is 0.116. The van der Waals surface area contributed by atoms with Gasteiger partial charge in [0.2, 0.25) is 5.89 Å². The van der Waals surface area contributed by atoms with E-state index in [1.807, 2.05) is 18.2 Å². The van der Waals surface area contributed by atoms with Crippen molar-refractivity contribution in [3.05, 3.63) is 88.8 Å². The van der Waals surface area contributed by atoms with Gasteiger partial charge in [-0.25, -0.2) is 4.98 Å². The number of hydrogen-bond donors (Lipinski definition) is 0. The van der Waals surface area contributed by atoms with Crippen LogP contribution < -0.4 is 4.74 Å². The standard InChI is InChI=1S/C22H13ClF2N4O2/c23-19-6-2-4-16(27-19)9-7-14-3-1-5-18(11-14)30-13-17-10-8-15(12-26-17)21-28-29-22(31-21)20(24)25/h1-6,8,10-12,20H,13H2. The molecule has 0 bridgehead atoms. The zero-order valence-corrected chi connectivity index (χ0v) is 16.6. The van der Waals surface area contributed by atoms with Crippen LogP contribution in [-0.2, 0) is 6.61 Å². The zero-order valence-electron chi connectivity index (χ0n) is 15.8. The van der Waals surface area contributed by atoms with Crippen molar-refractivity contribution in [2.45, 2.75) is 13.0 Å². The average molecular weight is 439 g/mol. The summed E-state index contributed by atoms with van der Waals surface area (Å²) in [7, 11) is 0. The first-order valence-electron chi connectivity index (χ1n) is 9.01. The molecule has 0 atom stereocenters. The van der Waals surface area contributed by atoms with Gasteiger partial charge in [-0.05, 0) is 48.4 Å². The number of hydrogen-bond acceptors (Lipinski definition) is 6. The molecule has 0 saturated carbocycles. The molecule has 0 radical (unpaired) electrons. The van der Waals surface area contributed by atoms with Gasteiger partial charge in [0, 0.05) is 11.8 Å². The number of halogens is 3. The maximum absolute atomic E-state index is 12.6. The van der Waals surface area contributed by atoms with Crippen molar-refractivity contribution in [1.29, 1.82) is 0 Å². The predicted molar refractivity (Wildman–Crippen MR) is 108 cm³/mol. The molecule has 0 saturated heterocycles. The molecule has 4 rings (SSSR count). The number of nitrogens with zero attached hydrogens (tertiary/aromatic N) is 4. The average Bonchev–Trinajstić information content (AvgIpc) is 3.28. The van der Waals surface area contributed by atoms with Gasteiger partial charge in [-0.3, -0.25) is 4.98 Å². The molecular weight excluding hydrogens is 426 g/mol. The second-order valence-corrected chi connectivity index (χ2v) is 6.58. The number of alkyl halides is 2. The summed E-state index contributed by atoms with van der Waals surface area (Å²) in [5.74, 6) is 5.85. The van der Waals surface area contributed by atoms with Crippen LogP contribution in [0.2, 0.25) is 5.15 Å². The summed E-state index contributed by atoms with van der Waals surface area (Å²) >= 11 is 5.86. The Morgan fingerprint density at radius 2 is 1.90 bits per heavy atom. The van der Waals surface area contributed by atoms with Crippen molar-refractivity contribution < 1.29 is 17.9 Å². The van der Waals surface area contributed by atoms with Crippen LogP contribution in [0.3, 0.4) is 0 Å². The Morgan fingerprint density at radius 3 is 2.65 bits per heavy atom. The van der Waals surface area contributed by atoms with E-state index in [-0.39, 0.29) is 12.5 Å². The predicted octanol–water partition coefficient (Wildman–Crippen LogP) is 5.10. The minimum atomic E-state index is -2.82. The molecule has 0 fully saturated rings. The van der Waals surface area contributed by atoms with Gasteiger partial charge >= 0.3 is 6.43 Å². The molecule has 31 heavy (non-hydrogen) atoms. The molecule has 3 heterocycles. The third kappa shape index (κ3) is 5.41. The first kappa shape index (κ1) is 20.4. The lowest BCUT2D eigenvalue weighted by Gasteiger charge is -2.06. The number of aromatic nitrogens is 4. The quantitative estimate of drug-likeness (QED) is 0.319. The summed E-state index contributed by atoms with van der Waals surface area (Å²) < 4.78 is 35.8. The smallest absolute Gasteiger partial charge is 0.314 e. The van der Waals surface area contributed by atoms with Gasteiger partial charge in [0.25, 0.3) is 5.89 Å². The Kier molecular flexibility index (Phi) is 6.15. The first-order valence-corrected chi connectivity index (χ1v) is 9.39. The van der Waals surface area contributed by atoms with Gasteiger partial charge in [-0.2, -0.15) is 8.78 Å². The van der Waals surface area contributed by atoms with E-state index >= 15 is 0 Å². The summed E-state index contributed by atoms with van der Waals surface area (Å²) in [4.78, 5) is 8.37. The summed E-state index contributed by atoms with van der Waals surface area (Å²) in [5, 5.41) is 7.27. The second kappa shape index (κ2) is 9.32. The van der Waals surface area contributed by atoms with Crippen molar-refractivity contribution in [3.63, 3.8) is 0 Å². The molecule has 3 aromatic heterocycles. The highest BCUT2D eigenvalue weighted by molar-refractivity contribution is 6.29.